The number of aliphatic hydroxyl groups excluding tert-OH is 1. The zero-order valence-corrected chi connectivity index (χ0v) is 60.0. The Balaban J connectivity index is 0.000000149. The number of anilines is 3. The van der Waals surface area contributed by atoms with Crippen molar-refractivity contribution in [1.29, 1.82) is 0 Å². The van der Waals surface area contributed by atoms with Gasteiger partial charge in [-0.3, -0.25) is 9.89 Å². The Morgan fingerprint density at radius 2 is 0.841 bits per heavy atom. The Morgan fingerprint density at radius 3 is 1.24 bits per heavy atom. The van der Waals surface area contributed by atoms with Crippen LogP contribution in [0.4, 0.5) is 27.0 Å². The molecule has 3 amide bonds. The maximum absolute atomic E-state index is 12.8. The molecule has 554 valence electrons. The summed E-state index contributed by atoms with van der Waals surface area (Å²) in [7, 11) is 0. The van der Waals surface area contributed by atoms with Crippen molar-refractivity contribution in [2.45, 2.75) is 130 Å². The van der Waals surface area contributed by atoms with Crippen LogP contribution in [0.15, 0.2) is 195 Å². The molecule has 3 fully saturated rings. The van der Waals surface area contributed by atoms with E-state index in [-0.39, 0.29) is 50.3 Å². The van der Waals surface area contributed by atoms with E-state index in [2.05, 4.69) is 46.7 Å². The fraction of sp³-hybridized carbons (Fsp3) is 0.300. The van der Waals surface area contributed by atoms with Crippen molar-refractivity contribution in [2.24, 2.45) is 0 Å². The predicted octanol–water partition coefficient (Wildman–Crippen LogP) is 14.7. The van der Waals surface area contributed by atoms with Gasteiger partial charge in [-0.25, -0.2) is 48.9 Å². The maximum Gasteiger partial charge on any atom is 0.410 e. The minimum absolute atomic E-state index is 0. The van der Waals surface area contributed by atoms with Crippen LogP contribution in [0.2, 0.25) is 0 Å². The van der Waals surface area contributed by atoms with Crippen LogP contribution in [0.5, 0.6) is 34.5 Å². The fourth-order valence-corrected chi connectivity index (χ4v) is 12.7. The second-order valence-electron chi connectivity index (χ2n) is 27.5. The SMILES string of the molecule is C.C=CC(=O)N1CCCC1Cn1nc(-c2ccc(Oc3ccccc3)cc2)c2c(N)ncnc21.CC(C)(C)OC(=O)N1CCCC1Cn1nc(-c2ccc(Oc3ccccc3)cc2)c2c(N)ncnc21.CC(C)(C)OC(=O)N1CCC[C@@H]1CO.Nc1ncnc2n[nH]c(-c3ccc(Oc4ccccc4)cc3)c12. The monoisotopic (exact) mass is 1450 g/mol. The standard InChI is InChI=1S/C27H30N6O3.C25H24N6O2.C17H13N5O.C10H19NO3.CH4/c1-27(2,3)36-26(34)32-15-7-8-19(32)16-33-25-22(24(28)29-17-30-25)23(31-33)18-11-13-21(14-12-18)35-20-9-5-4-6-10-20;1-2-21(32)30-14-6-7-18(30)15-31-25-22(24(26)27-16-28-25)23(29-31)17-10-12-20(13-11-17)33-19-8-4-3-5-9-19;18-16-14-15(21-22-17(14)20-10-19-16)11-6-8-13(9-7-11)23-12-4-2-1-3-5-12;1-10(2,3)14-9(13)11-6-4-5-8(11)7-12;/h4-6,9-14,17,19H,7-8,15-16H2,1-3H3,(H2,28,29,30);2-5,8-13,16,18H,1,6-7,14-15H2,(H2,26,27,28);1-10H,(H3,18,19,20,21,22);8,12H,4-7H2,1-3H3;1H4/t;;;8-;/m...1./s1. The van der Waals surface area contributed by atoms with Crippen LogP contribution in [0, 0.1) is 0 Å². The molecule has 2 unspecified atom stereocenters. The van der Waals surface area contributed by atoms with Gasteiger partial charge in [0, 0.05) is 36.3 Å². The normalized spacial score (nSPS) is 15.4. The van der Waals surface area contributed by atoms with E-state index in [9.17, 15) is 14.4 Å². The molecule has 0 aliphatic carbocycles. The number of carbonyl (C=O) groups is 3. The molecular formula is C80H90N18O9. The Bertz CT molecular complexity index is 4970. The number of nitrogens with one attached hydrogen (secondary N) is 1. The number of para-hydroxylation sites is 3. The first-order chi connectivity index (χ1) is 51.2. The summed E-state index contributed by atoms with van der Waals surface area (Å²) >= 11 is 0. The summed E-state index contributed by atoms with van der Waals surface area (Å²) < 4.78 is 32.1. The van der Waals surface area contributed by atoms with Crippen LogP contribution in [-0.4, -0.2) is 153 Å². The van der Waals surface area contributed by atoms with E-state index in [1.54, 1.807) is 9.80 Å². The lowest BCUT2D eigenvalue weighted by atomic mass is 10.1. The molecule has 0 radical (unpaired) electrons. The Labute approximate surface area is 620 Å². The lowest BCUT2D eigenvalue weighted by molar-refractivity contribution is -0.127. The number of likely N-dealkylation sites (tertiary alicyclic amines) is 3. The average molecular weight is 1450 g/mol. The van der Waals surface area contributed by atoms with Gasteiger partial charge in [0.25, 0.3) is 0 Å². The first-order valence-electron chi connectivity index (χ1n) is 35.1. The van der Waals surface area contributed by atoms with Gasteiger partial charge in [-0.2, -0.15) is 15.3 Å². The van der Waals surface area contributed by atoms with Crippen LogP contribution in [0.25, 0.3) is 66.9 Å². The number of aromatic amines is 1. The molecule has 0 saturated carbocycles. The van der Waals surface area contributed by atoms with Crippen molar-refractivity contribution in [3.05, 3.63) is 195 Å². The quantitative estimate of drug-likeness (QED) is 0.0595. The van der Waals surface area contributed by atoms with Crippen molar-refractivity contribution in [1.82, 2.24) is 74.4 Å². The number of hydrogen-bond donors (Lipinski definition) is 5. The third kappa shape index (κ3) is 18.7. The number of amides is 3. The minimum atomic E-state index is -0.548. The molecule has 27 heteroatoms. The number of rotatable bonds is 15. The van der Waals surface area contributed by atoms with Crippen LogP contribution < -0.4 is 31.4 Å². The highest BCUT2D eigenvalue weighted by atomic mass is 16.6. The number of ether oxygens (including phenoxy) is 5. The number of nitrogens with zero attached hydrogens (tertiary/aromatic N) is 14. The van der Waals surface area contributed by atoms with Crippen LogP contribution in [0.3, 0.4) is 0 Å². The zero-order valence-electron chi connectivity index (χ0n) is 60.0. The molecule has 6 aromatic heterocycles. The number of H-pyrrole nitrogens is 1. The summed E-state index contributed by atoms with van der Waals surface area (Å²) in [6, 6.07) is 51.9. The molecule has 27 nitrogen and oxygen atoms in total. The van der Waals surface area contributed by atoms with Crippen molar-refractivity contribution < 1.29 is 43.2 Å². The van der Waals surface area contributed by atoms with Crippen molar-refractivity contribution in [3.63, 3.8) is 0 Å². The van der Waals surface area contributed by atoms with Gasteiger partial charge in [-0.1, -0.05) is 68.6 Å². The Kier molecular flexibility index (Phi) is 24.0. The number of nitrogens with two attached hydrogens (primary N) is 3. The molecule has 15 rings (SSSR count). The second-order valence-corrected chi connectivity index (χ2v) is 27.5. The van der Waals surface area contributed by atoms with E-state index in [1.165, 1.54) is 25.1 Å². The first-order valence-corrected chi connectivity index (χ1v) is 35.1. The predicted molar refractivity (Wildman–Crippen MR) is 412 cm³/mol. The first kappa shape index (κ1) is 75.6. The van der Waals surface area contributed by atoms with E-state index in [0.29, 0.717) is 82.7 Å². The number of aromatic nitrogens is 12. The Morgan fingerprint density at radius 1 is 0.486 bits per heavy atom. The molecular weight excluding hydrogens is 1360 g/mol. The van der Waals surface area contributed by atoms with E-state index < -0.39 is 11.2 Å². The number of benzene rings is 6. The summed E-state index contributed by atoms with van der Waals surface area (Å²) in [5, 5.41) is 28.0. The molecule has 3 aliphatic rings. The molecule has 8 N–H and O–H groups in total. The van der Waals surface area contributed by atoms with Gasteiger partial charge < -0.3 is 60.7 Å². The van der Waals surface area contributed by atoms with Gasteiger partial charge >= 0.3 is 12.2 Å². The molecule has 0 bridgehead atoms. The van der Waals surface area contributed by atoms with Crippen molar-refractivity contribution in [3.8, 4) is 68.3 Å². The third-order valence-corrected chi connectivity index (χ3v) is 17.7. The largest absolute Gasteiger partial charge is 0.457 e. The molecule has 3 atom stereocenters. The molecule has 3 saturated heterocycles. The lowest BCUT2D eigenvalue weighted by Gasteiger charge is -2.28. The lowest BCUT2D eigenvalue weighted by Crippen LogP contribution is -2.41. The number of nitrogen functional groups attached to an aromatic ring is 3. The van der Waals surface area contributed by atoms with Gasteiger partial charge in [0.05, 0.1) is 59.7 Å². The second kappa shape index (κ2) is 33.9. The molecule has 3 aliphatic heterocycles. The third-order valence-electron chi connectivity index (χ3n) is 17.7. The topological polar surface area (TPSA) is 347 Å². The summed E-state index contributed by atoms with van der Waals surface area (Å²) in [5.74, 6) is 5.62. The zero-order chi connectivity index (χ0) is 74.5. The molecule has 107 heavy (non-hydrogen) atoms. The molecule has 12 aromatic rings. The maximum atomic E-state index is 12.8. The molecule has 9 heterocycles. The van der Waals surface area contributed by atoms with Gasteiger partial charge in [-0.15, -0.1) is 0 Å². The van der Waals surface area contributed by atoms with Crippen LogP contribution in [0.1, 0.15) is 87.5 Å². The van der Waals surface area contributed by atoms with Crippen molar-refractivity contribution in [2.75, 3.05) is 43.4 Å². The highest BCUT2D eigenvalue weighted by Crippen LogP contribution is 2.37. The van der Waals surface area contributed by atoms with E-state index in [4.69, 9.17) is 56.2 Å². The summed E-state index contributed by atoms with van der Waals surface area (Å²) in [6.07, 6.45) is 10.5. The van der Waals surface area contributed by atoms with Gasteiger partial charge in [0.2, 0.25) is 5.91 Å². The summed E-state index contributed by atoms with van der Waals surface area (Å²) in [5.41, 5.74) is 24.2. The highest BCUT2D eigenvalue weighted by molar-refractivity contribution is 6.00. The number of carbonyl (C=O) groups excluding carboxylic acids is 3. The fourth-order valence-electron chi connectivity index (χ4n) is 12.7. The Hall–Kier alpha value is -12.5. The number of aliphatic hydroxyl groups is 1. The van der Waals surface area contributed by atoms with E-state index >= 15 is 0 Å². The van der Waals surface area contributed by atoms with Gasteiger partial charge in [0.15, 0.2) is 16.9 Å². The number of hydrogen-bond acceptors (Lipinski definition) is 21. The summed E-state index contributed by atoms with van der Waals surface area (Å²) in [6.45, 7) is 17.9. The number of fused-ring (bicyclic) bond motifs is 3. The molecule has 6 aromatic carbocycles. The average Bonchev–Trinajstić information content (AvgIpc) is 1.63. The van der Waals surface area contributed by atoms with Gasteiger partial charge in [-0.05, 0) is 195 Å². The molecule has 0 spiro atoms. The van der Waals surface area contributed by atoms with Crippen molar-refractivity contribution >= 4 is 68.6 Å². The highest BCUT2D eigenvalue weighted by Gasteiger charge is 2.35. The van der Waals surface area contributed by atoms with E-state index in [0.717, 1.165) is 107 Å². The smallest absolute Gasteiger partial charge is 0.410 e. The summed E-state index contributed by atoms with van der Waals surface area (Å²) in [4.78, 5) is 67.3. The van der Waals surface area contributed by atoms with E-state index in [1.807, 2.05) is 220 Å². The van der Waals surface area contributed by atoms with Crippen LogP contribution in [-0.2, 0) is 27.4 Å². The minimum Gasteiger partial charge on any atom is -0.457 e. The van der Waals surface area contributed by atoms with Crippen LogP contribution >= 0.6 is 0 Å². The van der Waals surface area contributed by atoms with Gasteiger partial charge in [0.1, 0.15) is 93.5 Å².